The van der Waals surface area contributed by atoms with Crippen molar-refractivity contribution in [2.45, 2.75) is 53.5 Å². The fourth-order valence-corrected chi connectivity index (χ4v) is 4.93. The summed E-state index contributed by atoms with van der Waals surface area (Å²) in [6.07, 6.45) is 3.61. The van der Waals surface area contributed by atoms with Crippen LogP contribution in [0.25, 0.3) is 0 Å². The maximum Gasteiger partial charge on any atom is 0.0535 e. The summed E-state index contributed by atoms with van der Waals surface area (Å²) in [4.78, 5) is 7.23. The van der Waals surface area contributed by atoms with Gasteiger partial charge in [-0.05, 0) is 87.0 Å². The second-order valence-electron chi connectivity index (χ2n) is 7.87. The van der Waals surface area contributed by atoms with Crippen molar-refractivity contribution in [3.05, 3.63) is 51.0 Å². The van der Waals surface area contributed by atoms with Crippen LogP contribution in [-0.2, 0) is 17.7 Å². The minimum atomic E-state index is 0.288. The molecule has 1 atom stereocenters. The molecule has 0 aromatic carbocycles. The van der Waals surface area contributed by atoms with Crippen molar-refractivity contribution in [3.63, 3.8) is 0 Å². The van der Waals surface area contributed by atoms with E-state index in [1.165, 1.54) is 41.6 Å². The number of nitrogens with zero attached hydrogens (tertiary/aromatic N) is 2. The molecule has 142 valence electrons. The summed E-state index contributed by atoms with van der Waals surface area (Å²) < 4.78 is 5.92. The first-order valence-corrected chi connectivity index (χ1v) is 10.7. The van der Waals surface area contributed by atoms with Gasteiger partial charge in [-0.15, -0.1) is 0 Å². The molecule has 0 amide bonds. The van der Waals surface area contributed by atoms with Crippen LogP contribution in [0.2, 0.25) is 0 Å². The summed E-state index contributed by atoms with van der Waals surface area (Å²) in [6, 6.07) is 4.38. The van der Waals surface area contributed by atoms with Gasteiger partial charge in [-0.2, -0.15) is 11.3 Å². The van der Waals surface area contributed by atoms with E-state index in [4.69, 9.17) is 4.74 Å². The maximum atomic E-state index is 5.92. The van der Waals surface area contributed by atoms with Crippen LogP contribution in [0.15, 0.2) is 22.9 Å². The van der Waals surface area contributed by atoms with Crippen molar-refractivity contribution in [1.82, 2.24) is 9.88 Å². The molecular formula is C22H32N2OS. The van der Waals surface area contributed by atoms with Gasteiger partial charge in [0.05, 0.1) is 6.61 Å². The number of aryl methyl sites for hydroxylation is 4. The Balaban J connectivity index is 1.65. The summed E-state index contributed by atoms with van der Waals surface area (Å²) in [5, 5.41) is 4.58. The number of pyridine rings is 1. The number of hydrogen-bond acceptors (Lipinski definition) is 4. The third-order valence-corrected chi connectivity index (χ3v) is 6.65. The van der Waals surface area contributed by atoms with Gasteiger partial charge >= 0.3 is 0 Å². The third kappa shape index (κ3) is 4.73. The van der Waals surface area contributed by atoms with Gasteiger partial charge in [0.2, 0.25) is 0 Å². The summed E-state index contributed by atoms with van der Waals surface area (Å²) in [6.45, 7) is 13.5. The molecule has 2 aromatic rings. The van der Waals surface area contributed by atoms with Gasteiger partial charge in [0.15, 0.2) is 0 Å². The van der Waals surface area contributed by atoms with Gasteiger partial charge in [0.1, 0.15) is 0 Å². The zero-order valence-electron chi connectivity index (χ0n) is 16.7. The Morgan fingerprint density at radius 2 is 2.04 bits per heavy atom. The molecule has 0 bridgehead atoms. The molecule has 26 heavy (non-hydrogen) atoms. The zero-order chi connectivity index (χ0) is 18.6. The van der Waals surface area contributed by atoms with Gasteiger partial charge in [-0.1, -0.05) is 6.07 Å². The Kier molecular flexibility index (Phi) is 6.49. The molecule has 3 rings (SSSR count). The lowest BCUT2D eigenvalue weighted by Crippen LogP contribution is -2.32. The van der Waals surface area contributed by atoms with Crippen molar-refractivity contribution < 1.29 is 4.74 Å². The zero-order valence-corrected chi connectivity index (χ0v) is 17.5. The van der Waals surface area contributed by atoms with Gasteiger partial charge in [0, 0.05) is 36.5 Å². The van der Waals surface area contributed by atoms with Crippen LogP contribution in [0.3, 0.4) is 0 Å². The second kappa shape index (κ2) is 8.64. The predicted octanol–water partition coefficient (Wildman–Crippen LogP) is 4.93. The molecule has 2 aromatic heterocycles. The van der Waals surface area contributed by atoms with E-state index in [0.29, 0.717) is 0 Å². The van der Waals surface area contributed by atoms with Crippen LogP contribution in [0, 0.1) is 26.2 Å². The first-order chi connectivity index (χ1) is 12.5. The normalized spacial score (nSPS) is 20.8. The Labute approximate surface area is 162 Å². The fourth-order valence-electron chi connectivity index (χ4n) is 4.04. The topological polar surface area (TPSA) is 25.4 Å². The molecule has 1 unspecified atom stereocenters. The van der Waals surface area contributed by atoms with E-state index in [0.717, 1.165) is 38.5 Å². The standard InChI is InChI=1S/C22H32N2OS/c1-5-25-16-22(9-8-21-14-26-13-17(21)2)10-11-24(15-22)12-20-7-6-18(3)23-19(20)4/h6-7,13-14H,5,8-12,15-16H2,1-4H3. The molecule has 1 fully saturated rings. The molecule has 4 heteroatoms. The molecule has 3 heterocycles. The quantitative estimate of drug-likeness (QED) is 0.657. The molecule has 1 saturated heterocycles. The van der Waals surface area contributed by atoms with Gasteiger partial charge in [0.25, 0.3) is 0 Å². The molecule has 1 aliphatic heterocycles. The van der Waals surface area contributed by atoms with Crippen LogP contribution in [0.5, 0.6) is 0 Å². The third-order valence-electron chi connectivity index (χ3n) is 5.74. The average molecular weight is 373 g/mol. The smallest absolute Gasteiger partial charge is 0.0535 e. The number of aromatic nitrogens is 1. The molecule has 0 saturated carbocycles. The second-order valence-corrected chi connectivity index (χ2v) is 8.62. The van der Waals surface area contributed by atoms with Crippen molar-refractivity contribution in [1.29, 1.82) is 0 Å². The number of rotatable bonds is 8. The number of likely N-dealkylation sites (tertiary alicyclic amines) is 1. The molecular weight excluding hydrogens is 340 g/mol. The molecule has 0 aliphatic carbocycles. The first-order valence-electron chi connectivity index (χ1n) is 9.76. The Morgan fingerprint density at radius 3 is 2.73 bits per heavy atom. The van der Waals surface area contributed by atoms with Crippen molar-refractivity contribution >= 4 is 11.3 Å². The van der Waals surface area contributed by atoms with Crippen molar-refractivity contribution in [2.75, 3.05) is 26.3 Å². The number of ether oxygens (including phenoxy) is 1. The van der Waals surface area contributed by atoms with E-state index in [2.05, 4.69) is 60.5 Å². The summed E-state index contributed by atoms with van der Waals surface area (Å²) in [7, 11) is 0. The van der Waals surface area contributed by atoms with Crippen LogP contribution in [0.1, 0.15) is 47.8 Å². The Morgan fingerprint density at radius 1 is 1.19 bits per heavy atom. The Bertz CT molecular complexity index is 727. The average Bonchev–Trinajstić information content (AvgIpc) is 3.21. The lowest BCUT2D eigenvalue weighted by atomic mass is 9.82. The maximum absolute atomic E-state index is 5.92. The lowest BCUT2D eigenvalue weighted by Gasteiger charge is -2.29. The highest BCUT2D eigenvalue weighted by Gasteiger charge is 2.38. The summed E-state index contributed by atoms with van der Waals surface area (Å²) in [5.41, 5.74) is 6.87. The van der Waals surface area contributed by atoms with Crippen molar-refractivity contribution in [3.8, 4) is 0 Å². The van der Waals surface area contributed by atoms with E-state index in [9.17, 15) is 0 Å². The van der Waals surface area contributed by atoms with Crippen LogP contribution in [0.4, 0.5) is 0 Å². The molecule has 0 radical (unpaired) electrons. The van der Waals surface area contributed by atoms with E-state index >= 15 is 0 Å². The summed E-state index contributed by atoms with van der Waals surface area (Å²) in [5.74, 6) is 0. The minimum Gasteiger partial charge on any atom is -0.381 e. The van der Waals surface area contributed by atoms with E-state index in [-0.39, 0.29) is 5.41 Å². The largest absolute Gasteiger partial charge is 0.381 e. The predicted molar refractivity (Wildman–Crippen MR) is 110 cm³/mol. The molecule has 1 aliphatic rings. The van der Waals surface area contributed by atoms with Crippen molar-refractivity contribution in [2.24, 2.45) is 5.41 Å². The van der Waals surface area contributed by atoms with Crippen LogP contribution in [-0.4, -0.2) is 36.2 Å². The number of thiophene rings is 1. The van der Waals surface area contributed by atoms with E-state index in [1.54, 1.807) is 0 Å². The van der Waals surface area contributed by atoms with Gasteiger partial charge in [-0.25, -0.2) is 0 Å². The highest BCUT2D eigenvalue weighted by Crippen LogP contribution is 2.37. The van der Waals surface area contributed by atoms with Crippen LogP contribution >= 0.6 is 11.3 Å². The Hall–Kier alpha value is -1.23. The van der Waals surface area contributed by atoms with Crippen LogP contribution < -0.4 is 0 Å². The highest BCUT2D eigenvalue weighted by atomic mass is 32.1. The monoisotopic (exact) mass is 372 g/mol. The molecule has 0 N–H and O–H groups in total. The minimum absolute atomic E-state index is 0.288. The van der Waals surface area contributed by atoms with E-state index < -0.39 is 0 Å². The highest BCUT2D eigenvalue weighted by molar-refractivity contribution is 7.08. The summed E-state index contributed by atoms with van der Waals surface area (Å²) >= 11 is 1.82. The van der Waals surface area contributed by atoms with Gasteiger partial charge in [-0.3, -0.25) is 9.88 Å². The fraction of sp³-hybridized carbons (Fsp3) is 0.591. The lowest BCUT2D eigenvalue weighted by molar-refractivity contribution is 0.0489. The van der Waals surface area contributed by atoms with Gasteiger partial charge < -0.3 is 4.74 Å². The molecule has 3 nitrogen and oxygen atoms in total. The number of hydrogen-bond donors (Lipinski definition) is 0. The first kappa shape index (κ1) is 19.5. The molecule has 0 spiro atoms. The van der Waals surface area contributed by atoms with E-state index in [1.807, 2.05) is 11.3 Å². The SMILES string of the molecule is CCOCC1(CCc2cscc2C)CCN(Cc2ccc(C)nc2C)C1.